The highest BCUT2D eigenvalue weighted by Crippen LogP contribution is 2.40. The number of benzene rings is 2. The number of hydrogen-bond acceptors (Lipinski definition) is 8. The van der Waals surface area contributed by atoms with Crippen LogP contribution in [0.2, 0.25) is 5.02 Å². The Morgan fingerprint density at radius 2 is 1.89 bits per heavy atom. The van der Waals surface area contributed by atoms with E-state index < -0.39 is 11.1 Å². The summed E-state index contributed by atoms with van der Waals surface area (Å²) in [7, 11) is 2.14. The lowest BCUT2D eigenvalue weighted by Crippen LogP contribution is -2.62. The molecule has 6 rings (SSSR count). The van der Waals surface area contributed by atoms with Crippen LogP contribution in [-0.2, 0) is 22.5 Å². The van der Waals surface area contributed by atoms with Crippen LogP contribution in [0.25, 0.3) is 10.8 Å². The molecule has 3 aliphatic rings. The Kier molecular flexibility index (Phi) is 8.41. The van der Waals surface area contributed by atoms with Crippen molar-refractivity contribution >= 4 is 34.3 Å². The van der Waals surface area contributed by atoms with E-state index in [1.54, 1.807) is 0 Å². The van der Waals surface area contributed by atoms with E-state index in [4.69, 9.17) is 35.8 Å². The fourth-order valence-electron chi connectivity index (χ4n) is 6.70. The maximum Gasteiger partial charge on any atom is 0.410 e. The third-order valence-electron chi connectivity index (χ3n) is 8.98. The monoisotopic (exact) mass is 621 g/mol. The summed E-state index contributed by atoms with van der Waals surface area (Å²) < 4.78 is 18.6. The summed E-state index contributed by atoms with van der Waals surface area (Å²) in [5.41, 5.74) is 1.92. The third-order valence-corrected chi connectivity index (χ3v) is 9.30. The molecule has 2 saturated heterocycles. The molecule has 0 N–H and O–H groups in total. The molecule has 44 heavy (non-hydrogen) atoms. The van der Waals surface area contributed by atoms with Crippen LogP contribution in [0.3, 0.4) is 0 Å². The van der Waals surface area contributed by atoms with Crippen molar-refractivity contribution in [2.24, 2.45) is 0 Å². The van der Waals surface area contributed by atoms with Gasteiger partial charge < -0.3 is 24.0 Å². The van der Waals surface area contributed by atoms with Crippen LogP contribution in [-0.4, -0.2) is 82.9 Å². The second-order valence-electron chi connectivity index (χ2n) is 13.9. The summed E-state index contributed by atoms with van der Waals surface area (Å²) >= 11 is 6.70. The molecule has 0 spiro atoms. The van der Waals surface area contributed by atoms with Gasteiger partial charge in [-0.2, -0.15) is 9.97 Å². The molecule has 4 heterocycles. The molecule has 3 aromatic rings. The zero-order valence-corrected chi connectivity index (χ0v) is 27.5. The summed E-state index contributed by atoms with van der Waals surface area (Å²) in [5, 5.41) is 2.81. The summed E-state index contributed by atoms with van der Waals surface area (Å²) in [4.78, 5) is 29.5. The van der Waals surface area contributed by atoms with Gasteiger partial charge in [-0.15, -0.1) is 0 Å². The third kappa shape index (κ3) is 6.32. The topological polar surface area (TPSA) is 80.3 Å². The van der Waals surface area contributed by atoms with E-state index in [0.717, 1.165) is 46.4 Å². The van der Waals surface area contributed by atoms with Gasteiger partial charge in [0, 0.05) is 48.1 Å². The maximum absolute atomic E-state index is 13.1. The molecule has 0 saturated carbocycles. The van der Waals surface area contributed by atoms with Crippen molar-refractivity contribution < 1.29 is 19.0 Å². The lowest BCUT2D eigenvalue weighted by molar-refractivity contribution is -0.0000147. The van der Waals surface area contributed by atoms with Crippen molar-refractivity contribution in [1.29, 1.82) is 0 Å². The molecule has 0 bridgehead atoms. The Bertz CT molecular complexity index is 1530. The number of piperazine rings is 1. The van der Waals surface area contributed by atoms with Gasteiger partial charge in [0.25, 0.3) is 0 Å². The van der Waals surface area contributed by atoms with Crippen molar-refractivity contribution in [2.75, 3.05) is 44.7 Å². The molecule has 9 nitrogen and oxygen atoms in total. The Hall–Kier alpha value is -3.14. The first-order valence-electron chi connectivity index (χ1n) is 15.7. The Balaban J connectivity index is 1.31. The lowest BCUT2D eigenvalue weighted by Gasteiger charge is -2.47. The van der Waals surface area contributed by atoms with Crippen molar-refractivity contribution in [3.63, 3.8) is 0 Å². The smallest absolute Gasteiger partial charge is 0.410 e. The van der Waals surface area contributed by atoms with Gasteiger partial charge in [-0.05, 0) is 78.1 Å². The molecular formula is C34H44ClN5O4. The van der Waals surface area contributed by atoms with E-state index in [1.165, 1.54) is 6.42 Å². The molecule has 1 aromatic heterocycles. The number of halogens is 1. The predicted molar refractivity (Wildman–Crippen MR) is 173 cm³/mol. The van der Waals surface area contributed by atoms with Gasteiger partial charge in [0.15, 0.2) is 0 Å². The number of nitrogens with zero attached hydrogens (tertiary/aromatic N) is 5. The van der Waals surface area contributed by atoms with Crippen molar-refractivity contribution in [3.8, 4) is 6.01 Å². The standard InChI is InChI=1S/C34H44ClN5O4/c1-33(2,3)44-32(41)40-17-16-39(21-34(40,4)5)30-25-20-42-28(24-13-7-10-22-11-8-14-26(35)29(22)24)18-27(25)36-31(37-30)43-19-23-12-9-15-38(23)6/h7-8,10-11,13-14,23,28H,9,12,15-21H2,1-6H3/t23-,28?/m0/s1. The van der Waals surface area contributed by atoms with Crippen LogP contribution >= 0.6 is 11.6 Å². The number of carbonyl (C=O) groups excluding carboxylic acids is 1. The van der Waals surface area contributed by atoms with Gasteiger partial charge in [-0.25, -0.2) is 4.79 Å². The first-order valence-corrected chi connectivity index (χ1v) is 16.0. The van der Waals surface area contributed by atoms with Gasteiger partial charge in [0.1, 0.15) is 18.0 Å². The normalized spacial score (nSPS) is 22.2. The molecule has 1 unspecified atom stereocenters. The fraction of sp³-hybridized carbons (Fsp3) is 0.559. The van der Waals surface area contributed by atoms with Crippen molar-refractivity contribution in [3.05, 3.63) is 58.2 Å². The van der Waals surface area contributed by atoms with E-state index in [9.17, 15) is 4.79 Å². The number of carbonyl (C=O) groups is 1. The quantitative estimate of drug-likeness (QED) is 0.324. The van der Waals surface area contributed by atoms with Crippen molar-refractivity contribution in [1.82, 2.24) is 19.8 Å². The summed E-state index contributed by atoms with van der Waals surface area (Å²) in [6, 6.07) is 12.9. The Morgan fingerprint density at radius 3 is 2.59 bits per heavy atom. The van der Waals surface area contributed by atoms with Crippen LogP contribution in [0.15, 0.2) is 36.4 Å². The van der Waals surface area contributed by atoms with E-state index in [0.29, 0.717) is 56.3 Å². The van der Waals surface area contributed by atoms with Crippen LogP contribution in [0.1, 0.15) is 70.4 Å². The van der Waals surface area contributed by atoms with E-state index in [-0.39, 0.29) is 12.2 Å². The molecule has 0 aliphatic carbocycles. The average Bonchev–Trinajstić information content (AvgIpc) is 3.38. The van der Waals surface area contributed by atoms with Gasteiger partial charge in [-0.1, -0.05) is 41.9 Å². The van der Waals surface area contributed by atoms with Gasteiger partial charge in [0.2, 0.25) is 0 Å². The zero-order chi connectivity index (χ0) is 31.2. The molecule has 2 fully saturated rings. The number of hydrogen-bond donors (Lipinski definition) is 0. The molecule has 0 radical (unpaired) electrons. The van der Waals surface area contributed by atoms with Crippen LogP contribution < -0.4 is 9.64 Å². The number of ether oxygens (including phenoxy) is 3. The van der Waals surface area contributed by atoms with Crippen molar-refractivity contribution in [2.45, 2.75) is 83.8 Å². The molecule has 2 atom stereocenters. The highest BCUT2D eigenvalue weighted by atomic mass is 35.5. The lowest BCUT2D eigenvalue weighted by atomic mass is 9.94. The van der Waals surface area contributed by atoms with E-state index in [2.05, 4.69) is 55.0 Å². The number of likely N-dealkylation sites (N-methyl/N-ethyl adjacent to an activating group) is 1. The maximum atomic E-state index is 13.1. The fourth-order valence-corrected chi connectivity index (χ4v) is 6.99. The highest BCUT2D eigenvalue weighted by Gasteiger charge is 2.41. The first-order chi connectivity index (χ1) is 20.9. The summed E-state index contributed by atoms with van der Waals surface area (Å²) in [6.07, 6.45) is 2.35. The second-order valence-corrected chi connectivity index (χ2v) is 14.3. The van der Waals surface area contributed by atoms with Crippen LogP contribution in [0.5, 0.6) is 6.01 Å². The number of rotatable bonds is 5. The second kappa shape index (κ2) is 12.0. The van der Waals surface area contributed by atoms with E-state index >= 15 is 0 Å². The molecule has 10 heteroatoms. The van der Waals surface area contributed by atoms with Gasteiger partial charge in [-0.3, -0.25) is 4.90 Å². The number of likely N-dealkylation sites (tertiary alicyclic amines) is 1. The Labute approximate surface area is 265 Å². The zero-order valence-electron chi connectivity index (χ0n) is 26.7. The largest absolute Gasteiger partial charge is 0.462 e. The van der Waals surface area contributed by atoms with E-state index in [1.807, 2.05) is 37.8 Å². The number of fused-ring (bicyclic) bond motifs is 2. The Morgan fingerprint density at radius 1 is 1.11 bits per heavy atom. The average molecular weight is 622 g/mol. The minimum Gasteiger partial charge on any atom is -0.462 e. The first kappa shape index (κ1) is 30.9. The predicted octanol–water partition coefficient (Wildman–Crippen LogP) is 6.41. The minimum atomic E-state index is -0.558. The minimum absolute atomic E-state index is 0.205. The SMILES string of the molecule is CN1CCC[C@H]1COc1nc2c(c(N3CCN(C(=O)OC(C)(C)C)C(C)(C)C3)n1)COC(c1cccc3cccc(Cl)c13)C2. The van der Waals surface area contributed by atoms with Gasteiger partial charge in [0.05, 0.1) is 23.9 Å². The van der Waals surface area contributed by atoms with Gasteiger partial charge >= 0.3 is 12.1 Å². The summed E-state index contributed by atoms with van der Waals surface area (Å²) in [6.45, 7) is 13.5. The molecular weight excluding hydrogens is 578 g/mol. The molecule has 3 aliphatic heterocycles. The highest BCUT2D eigenvalue weighted by molar-refractivity contribution is 6.35. The molecule has 2 aromatic carbocycles. The van der Waals surface area contributed by atoms with Crippen LogP contribution in [0, 0.1) is 0 Å². The molecule has 1 amide bonds. The van der Waals surface area contributed by atoms with Crippen LogP contribution in [0.4, 0.5) is 10.6 Å². The number of amides is 1. The summed E-state index contributed by atoms with van der Waals surface area (Å²) in [5.74, 6) is 0.816. The number of anilines is 1. The molecule has 236 valence electrons. The number of aromatic nitrogens is 2.